The summed E-state index contributed by atoms with van der Waals surface area (Å²) in [4.78, 5) is 38.3. The Bertz CT molecular complexity index is 991. The molecule has 0 aliphatic carbocycles. The van der Waals surface area contributed by atoms with Crippen LogP contribution in [0.4, 0.5) is 4.79 Å². The first kappa shape index (κ1) is 27.8. The van der Waals surface area contributed by atoms with Crippen molar-refractivity contribution in [3.63, 3.8) is 0 Å². The normalized spacial score (nSPS) is 12.4. The Hall–Kier alpha value is -2.48. The number of fused-ring (bicyclic) bond motifs is 1. The first-order valence-corrected chi connectivity index (χ1v) is 12.8. The van der Waals surface area contributed by atoms with Crippen LogP contribution >= 0.6 is 11.8 Å². The van der Waals surface area contributed by atoms with E-state index < -0.39 is 17.7 Å². The Kier molecular flexibility index (Phi) is 10.5. The number of thioether (sulfide) groups is 1. The van der Waals surface area contributed by atoms with E-state index in [0.29, 0.717) is 29.2 Å². The quantitative estimate of drug-likeness (QED) is 0.203. The molecule has 0 saturated carbocycles. The van der Waals surface area contributed by atoms with Gasteiger partial charge in [-0.05, 0) is 45.2 Å². The topological polar surface area (TPSA) is 83.8 Å². The molecule has 1 aromatic heterocycles. The van der Waals surface area contributed by atoms with Gasteiger partial charge >= 0.3 is 18.0 Å². The minimum Gasteiger partial charge on any atom is -0.465 e. The van der Waals surface area contributed by atoms with Crippen LogP contribution in [-0.2, 0) is 19.0 Å². The number of ether oxygens (including phenoxy) is 3. The van der Waals surface area contributed by atoms with Crippen LogP contribution in [-0.4, -0.2) is 47.7 Å². The van der Waals surface area contributed by atoms with E-state index in [1.165, 1.54) is 29.6 Å². The zero-order chi connectivity index (χ0) is 25.3. The molecule has 0 radical (unpaired) electrons. The lowest BCUT2D eigenvalue weighted by Crippen LogP contribution is -2.26. The Morgan fingerprint density at radius 3 is 2.50 bits per heavy atom. The van der Waals surface area contributed by atoms with Crippen molar-refractivity contribution < 1.29 is 28.6 Å². The molecule has 8 heteroatoms. The van der Waals surface area contributed by atoms with E-state index >= 15 is 0 Å². The van der Waals surface area contributed by atoms with Gasteiger partial charge in [-0.2, -0.15) is 0 Å². The van der Waals surface area contributed by atoms with Gasteiger partial charge in [-0.3, -0.25) is 9.36 Å². The summed E-state index contributed by atoms with van der Waals surface area (Å²) in [7, 11) is 1.30. The van der Waals surface area contributed by atoms with Crippen molar-refractivity contribution in [3.8, 4) is 0 Å². The minimum atomic E-state index is -0.681. The van der Waals surface area contributed by atoms with Crippen molar-refractivity contribution in [2.75, 3.05) is 19.5 Å². The number of unbranched alkanes of at least 4 members (excludes halogenated alkanes) is 1. The Morgan fingerprint density at radius 2 is 1.88 bits per heavy atom. The summed E-state index contributed by atoms with van der Waals surface area (Å²) in [5.41, 5.74) is 0.138. The van der Waals surface area contributed by atoms with Gasteiger partial charge in [-0.15, -0.1) is 11.8 Å². The predicted octanol–water partition coefficient (Wildman–Crippen LogP) is 6.45. The summed E-state index contributed by atoms with van der Waals surface area (Å²) in [5.74, 6) is 0.120. The van der Waals surface area contributed by atoms with Crippen LogP contribution in [0.15, 0.2) is 29.3 Å². The van der Waals surface area contributed by atoms with E-state index in [2.05, 4.69) is 13.8 Å². The predicted molar refractivity (Wildman–Crippen MR) is 135 cm³/mol. The third-order valence-electron chi connectivity index (χ3n) is 5.37. The molecule has 0 spiro atoms. The van der Waals surface area contributed by atoms with Gasteiger partial charge in [0.1, 0.15) is 5.60 Å². The summed E-state index contributed by atoms with van der Waals surface area (Å²) < 4.78 is 17.2. The third kappa shape index (κ3) is 7.79. The number of aromatic nitrogens is 1. The molecule has 1 unspecified atom stereocenters. The fourth-order valence-corrected chi connectivity index (χ4v) is 4.55. The average Bonchev–Trinajstić information content (AvgIpc) is 3.18. The highest BCUT2D eigenvalue weighted by Gasteiger charge is 2.25. The molecule has 2 rings (SSSR count). The molecule has 1 aromatic carbocycles. The van der Waals surface area contributed by atoms with Crippen molar-refractivity contribution in [2.45, 2.75) is 77.2 Å². The lowest BCUT2D eigenvalue weighted by atomic mass is 10.0. The van der Waals surface area contributed by atoms with E-state index in [-0.39, 0.29) is 18.0 Å². The van der Waals surface area contributed by atoms with Crippen LogP contribution in [0.5, 0.6) is 0 Å². The van der Waals surface area contributed by atoms with E-state index in [9.17, 15) is 14.4 Å². The molecule has 0 bridgehead atoms. The van der Waals surface area contributed by atoms with Gasteiger partial charge in [-0.25, -0.2) is 9.59 Å². The van der Waals surface area contributed by atoms with Gasteiger partial charge in [0.2, 0.25) is 0 Å². The number of methoxy groups -OCH3 is 1. The third-order valence-corrected chi connectivity index (χ3v) is 6.43. The second kappa shape index (κ2) is 12.8. The first-order valence-electron chi connectivity index (χ1n) is 11.8. The second-order valence-corrected chi connectivity index (χ2v) is 10.4. The molecule has 0 aliphatic heterocycles. The molecule has 1 atom stereocenters. The monoisotopic (exact) mass is 491 g/mol. The lowest BCUT2D eigenvalue weighted by molar-refractivity contribution is -0.144. The molecule has 1 heterocycles. The fourth-order valence-electron chi connectivity index (χ4n) is 3.53. The molecule has 0 amide bonds. The van der Waals surface area contributed by atoms with Gasteiger partial charge < -0.3 is 14.2 Å². The van der Waals surface area contributed by atoms with E-state index in [1.54, 1.807) is 26.8 Å². The number of hydrogen-bond acceptors (Lipinski definition) is 7. The van der Waals surface area contributed by atoms with Crippen LogP contribution in [0.3, 0.4) is 0 Å². The number of rotatable bonds is 11. The molecular formula is C26H37NO6S. The lowest BCUT2D eigenvalue weighted by Gasteiger charge is -2.19. The summed E-state index contributed by atoms with van der Waals surface area (Å²) in [6.45, 7) is 10.1. The van der Waals surface area contributed by atoms with Crippen LogP contribution in [0.1, 0.15) is 77.1 Å². The first-order chi connectivity index (χ1) is 16.1. The largest absolute Gasteiger partial charge is 0.465 e. The van der Waals surface area contributed by atoms with E-state index in [0.717, 1.165) is 30.6 Å². The summed E-state index contributed by atoms with van der Waals surface area (Å²) >= 11 is 1.44. The SMILES string of the molecule is CCCCC(CC)COC(=O)CCSc1cccc2c1c(C(=O)OC)cn2C(=O)OC(C)(C)C. The van der Waals surface area contributed by atoms with Crippen molar-refractivity contribution in [3.05, 3.63) is 30.0 Å². The molecule has 0 aliphatic rings. The van der Waals surface area contributed by atoms with Crippen molar-refractivity contribution in [1.82, 2.24) is 4.57 Å². The van der Waals surface area contributed by atoms with Gasteiger partial charge in [0.05, 0.1) is 31.2 Å². The standard InChI is InChI=1S/C26H37NO6S/c1-7-9-11-18(8-2)17-32-22(28)14-15-34-21-13-10-12-20-23(21)19(24(29)31-6)16-27(20)25(30)33-26(3,4)5/h10,12-13,16,18H,7-9,11,14-15,17H2,1-6H3. The zero-order valence-corrected chi connectivity index (χ0v) is 22.0. The van der Waals surface area contributed by atoms with Crippen LogP contribution in [0, 0.1) is 5.92 Å². The van der Waals surface area contributed by atoms with Crippen LogP contribution in [0.2, 0.25) is 0 Å². The van der Waals surface area contributed by atoms with Crippen molar-refractivity contribution in [2.24, 2.45) is 5.92 Å². The number of esters is 2. The minimum absolute atomic E-state index is 0.228. The number of carbonyl (C=O) groups excluding carboxylic acids is 3. The molecule has 34 heavy (non-hydrogen) atoms. The fraction of sp³-hybridized carbons (Fsp3) is 0.577. The summed E-state index contributed by atoms with van der Waals surface area (Å²) in [5, 5.41) is 0.601. The van der Waals surface area contributed by atoms with Crippen LogP contribution < -0.4 is 0 Å². The number of carbonyl (C=O) groups is 3. The molecule has 188 valence electrons. The van der Waals surface area contributed by atoms with Gasteiger partial charge in [0.25, 0.3) is 0 Å². The number of nitrogens with zero attached hydrogens (tertiary/aromatic N) is 1. The Labute approximate surface area is 206 Å². The molecule has 0 saturated heterocycles. The molecular weight excluding hydrogens is 454 g/mol. The van der Waals surface area contributed by atoms with Crippen molar-refractivity contribution >= 4 is 40.7 Å². The van der Waals surface area contributed by atoms with Crippen LogP contribution in [0.25, 0.3) is 10.9 Å². The summed E-state index contributed by atoms with van der Waals surface area (Å²) in [6, 6.07) is 5.43. The van der Waals surface area contributed by atoms with E-state index in [1.807, 2.05) is 12.1 Å². The highest BCUT2D eigenvalue weighted by atomic mass is 32.2. The number of benzene rings is 1. The van der Waals surface area contributed by atoms with E-state index in [4.69, 9.17) is 14.2 Å². The second-order valence-electron chi connectivity index (χ2n) is 9.23. The molecule has 0 fully saturated rings. The maximum Gasteiger partial charge on any atom is 0.419 e. The molecule has 0 N–H and O–H groups in total. The Morgan fingerprint density at radius 1 is 1.15 bits per heavy atom. The van der Waals surface area contributed by atoms with Crippen molar-refractivity contribution in [1.29, 1.82) is 0 Å². The summed E-state index contributed by atoms with van der Waals surface area (Å²) in [6.07, 6.45) is 5.47. The van der Waals surface area contributed by atoms with Gasteiger partial charge in [-0.1, -0.05) is 39.2 Å². The number of hydrogen-bond donors (Lipinski definition) is 0. The highest BCUT2D eigenvalue weighted by Crippen LogP contribution is 2.33. The highest BCUT2D eigenvalue weighted by molar-refractivity contribution is 7.99. The average molecular weight is 492 g/mol. The Balaban J connectivity index is 2.15. The molecule has 7 nitrogen and oxygen atoms in total. The molecule has 2 aromatic rings. The van der Waals surface area contributed by atoms with Gasteiger partial charge in [0, 0.05) is 22.2 Å². The smallest absolute Gasteiger partial charge is 0.419 e. The maximum atomic E-state index is 12.8. The zero-order valence-electron chi connectivity index (χ0n) is 21.1. The maximum absolute atomic E-state index is 12.8. The van der Waals surface area contributed by atoms with Gasteiger partial charge in [0.15, 0.2) is 0 Å².